The molecule has 0 aliphatic heterocycles. The van der Waals surface area contributed by atoms with Crippen LogP contribution in [-0.4, -0.2) is 15.3 Å². The molecule has 3 aromatic rings. The lowest BCUT2D eigenvalue weighted by Crippen LogP contribution is -1.96. The number of hydrogen-bond acceptors (Lipinski definition) is 3. The van der Waals surface area contributed by atoms with Crippen molar-refractivity contribution in [3.63, 3.8) is 0 Å². The van der Waals surface area contributed by atoms with E-state index in [9.17, 15) is 8.78 Å². The highest BCUT2D eigenvalue weighted by Crippen LogP contribution is 2.32. The van der Waals surface area contributed by atoms with Gasteiger partial charge in [-0.25, -0.2) is 4.98 Å². The van der Waals surface area contributed by atoms with Crippen LogP contribution in [0.2, 0.25) is 0 Å². The molecule has 2 aromatic carbocycles. The first kappa shape index (κ1) is 12.9. The Bertz CT molecular complexity index is 755. The van der Waals surface area contributed by atoms with Crippen molar-refractivity contribution in [2.45, 2.75) is 10.7 Å². The second-order valence-corrected chi connectivity index (χ2v) is 5.24. The molecule has 2 N–H and O–H groups in total. The van der Waals surface area contributed by atoms with Crippen molar-refractivity contribution in [3.8, 4) is 5.69 Å². The van der Waals surface area contributed by atoms with Crippen molar-refractivity contribution in [2.24, 2.45) is 0 Å². The maximum absolute atomic E-state index is 12.6. The molecule has 102 valence electrons. The zero-order valence-electron chi connectivity index (χ0n) is 10.3. The number of para-hydroxylation sites is 1. The summed E-state index contributed by atoms with van der Waals surface area (Å²) in [4.78, 5) is 4.77. The monoisotopic (exact) mass is 291 g/mol. The number of benzene rings is 2. The first-order chi connectivity index (χ1) is 9.65. The summed E-state index contributed by atoms with van der Waals surface area (Å²) in [7, 11) is 0. The van der Waals surface area contributed by atoms with Gasteiger partial charge in [-0.1, -0.05) is 23.9 Å². The Kier molecular flexibility index (Phi) is 3.31. The molecule has 0 amide bonds. The number of hydrogen-bond donors (Lipinski definition) is 1. The standard InChI is InChI=1S/C14H11F2N3S/c15-14(16)20-13-4-2-1-3-12(13)19-8-18-10-7-9(17)5-6-11(10)19/h1-8,14H,17H2. The predicted octanol–water partition coefficient (Wildman–Crippen LogP) is 3.92. The number of thioether (sulfide) groups is 1. The van der Waals surface area contributed by atoms with Crippen LogP contribution in [0.15, 0.2) is 53.7 Å². The normalized spacial score (nSPS) is 11.3. The minimum Gasteiger partial charge on any atom is -0.399 e. The minimum absolute atomic E-state index is 0.513. The van der Waals surface area contributed by atoms with Crippen LogP contribution in [-0.2, 0) is 0 Å². The van der Waals surface area contributed by atoms with E-state index in [2.05, 4.69) is 4.98 Å². The van der Waals surface area contributed by atoms with Gasteiger partial charge in [0.1, 0.15) is 6.33 Å². The third-order valence-corrected chi connectivity index (χ3v) is 3.69. The molecule has 0 saturated heterocycles. The quantitative estimate of drug-likeness (QED) is 0.587. The van der Waals surface area contributed by atoms with Crippen LogP contribution < -0.4 is 5.73 Å². The smallest absolute Gasteiger partial charge is 0.288 e. The van der Waals surface area contributed by atoms with E-state index >= 15 is 0 Å². The highest BCUT2D eigenvalue weighted by molar-refractivity contribution is 7.99. The summed E-state index contributed by atoms with van der Waals surface area (Å²) in [5.41, 5.74) is 8.60. The molecule has 3 rings (SSSR count). The van der Waals surface area contributed by atoms with Crippen molar-refractivity contribution in [1.82, 2.24) is 9.55 Å². The maximum atomic E-state index is 12.6. The van der Waals surface area contributed by atoms with Gasteiger partial charge in [-0.05, 0) is 30.3 Å². The number of nitrogens with two attached hydrogens (primary N) is 1. The number of imidazole rings is 1. The van der Waals surface area contributed by atoms with Crippen molar-refractivity contribution >= 4 is 28.5 Å². The molecule has 3 nitrogen and oxygen atoms in total. The number of fused-ring (bicyclic) bond motifs is 1. The van der Waals surface area contributed by atoms with E-state index in [0.717, 1.165) is 11.0 Å². The van der Waals surface area contributed by atoms with Gasteiger partial charge in [0, 0.05) is 10.6 Å². The van der Waals surface area contributed by atoms with Crippen LogP contribution in [0.5, 0.6) is 0 Å². The predicted molar refractivity (Wildman–Crippen MR) is 77.3 cm³/mol. The summed E-state index contributed by atoms with van der Waals surface area (Å²) in [5, 5.41) is 0. The van der Waals surface area contributed by atoms with Crippen molar-refractivity contribution < 1.29 is 8.78 Å². The average molecular weight is 291 g/mol. The van der Waals surface area contributed by atoms with Gasteiger partial charge in [0.05, 0.1) is 16.7 Å². The first-order valence-corrected chi connectivity index (χ1v) is 6.80. The molecular formula is C14H11F2N3S. The van der Waals surface area contributed by atoms with E-state index in [4.69, 9.17) is 5.73 Å². The molecular weight excluding hydrogens is 280 g/mol. The fourth-order valence-electron chi connectivity index (χ4n) is 2.07. The van der Waals surface area contributed by atoms with E-state index in [1.807, 2.05) is 12.1 Å². The van der Waals surface area contributed by atoms with Gasteiger partial charge in [0.25, 0.3) is 5.76 Å². The molecule has 0 radical (unpaired) electrons. The second-order valence-electron chi connectivity index (χ2n) is 4.21. The van der Waals surface area contributed by atoms with E-state index < -0.39 is 5.76 Å². The Morgan fingerprint density at radius 2 is 1.95 bits per heavy atom. The van der Waals surface area contributed by atoms with Gasteiger partial charge in [-0.2, -0.15) is 8.78 Å². The Morgan fingerprint density at radius 1 is 1.15 bits per heavy atom. The van der Waals surface area contributed by atoms with E-state index in [0.29, 0.717) is 28.0 Å². The summed E-state index contributed by atoms with van der Waals surface area (Å²) in [6, 6.07) is 12.4. The largest absolute Gasteiger partial charge is 0.399 e. The fourth-order valence-corrected chi connectivity index (χ4v) is 2.71. The molecule has 6 heteroatoms. The number of rotatable bonds is 3. The Morgan fingerprint density at radius 3 is 2.75 bits per heavy atom. The molecule has 0 fully saturated rings. The average Bonchev–Trinajstić information content (AvgIpc) is 2.81. The minimum atomic E-state index is -2.46. The highest BCUT2D eigenvalue weighted by atomic mass is 32.2. The summed E-state index contributed by atoms with van der Waals surface area (Å²) < 4.78 is 27.1. The second kappa shape index (κ2) is 5.13. The van der Waals surface area contributed by atoms with Crippen LogP contribution in [0.4, 0.5) is 14.5 Å². The van der Waals surface area contributed by atoms with Gasteiger partial charge in [0.15, 0.2) is 0 Å². The van der Waals surface area contributed by atoms with Crippen molar-refractivity contribution in [2.75, 3.05) is 5.73 Å². The fraction of sp³-hybridized carbons (Fsp3) is 0.0714. The molecule has 1 heterocycles. The lowest BCUT2D eigenvalue weighted by atomic mass is 10.2. The molecule has 0 bridgehead atoms. The molecule has 0 aliphatic rings. The van der Waals surface area contributed by atoms with Gasteiger partial charge < -0.3 is 5.73 Å². The van der Waals surface area contributed by atoms with Crippen LogP contribution in [0.1, 0.15) is 0 Å². The van der Waals surface area contributed by atoms with E-state index in [1.165, 1.54) is 0 Å². The number of halogens is 2. The summed E-state index contributed by atoms with van der Waals surface area (Å²) in [5.74, 6) is -2.46. The van der Waals surface area contributed by atoms with Crippen LogP contribution >= 0.6 is 11.8 Å². The summed E-state index contributed by atoms with van der Waals surface area (Å²) in [6.45, 7) is 0. The third kappa shape index (κ3) is 2.34. The molecule has 0 spiro atoms. The van der Waals surface area contributed by atoms with E-state index in [1.54, 1.807) is 41.2 Å². The molecule has 0 atom stereocenters. The van der Waals surface area contributed by atoms with Crippen LogP contribution in [0, 0.1) is 0 Å². The number of aromatic nitrogens is 2. The molecule has 0 aliphatic carbocycles. The Labute approximate surface area is 118 Å². The summed E-state index contributed by atoms with van der Waals surface area (Å²) in [6.07, 6.45) is 1.62. The van der Waals surface area contributed by atoms with Crippen LogP contribution in [0.25, 0.3) is 16.7 Å². The van der Waals surface area contributed by atoms with Gasteiger partial charge in [0.2, 0.25) is 0 Å². The SMILES string of the molecule is Nc1ccc2c(c1)ncn2-c1ccccc1SC(F)F. The van der Waals surface area contributed by atoms with Crippen molar-refractivity contribution in [1.29, 1.82) is 0 Å². The first-order valence-electron chi connectivity index (χ1n) is 5.92. The number of alkyl halides is 2. The highest BCUT2D eigenvalue weighted by Gasteiger charge is 2.13. The Balaban J connectivity index is 2.16. The van der Waals surface area contributed by atoms with Gasteiger partial charge >= 0.3 is 0 Å². The topological polar surface area (TPSA) is 43.8 Å². The maximum Gasteiger partial charge on any atom is 0.288 e. The molecule has 1 aromatic heterocycles. The van der Waals surface area contributed by atoms with E-state index in [-0.39, 0.29) is 0 Å². The molecule has 0 unspecified atom stereocenters. The molecule has 20 heavy (non-hydrogen) atoms. The summed E-state index contributed by atoms with van der Waals surface area (Å²) >= 11 is 0.528. The van der Waals surface area contributed by atoms with Crippen LogP contribution in [0.3, 0.4) is 0 Å². The lowest BCUT2D eigenvalue weighted by Gasteiger charge is -2.10. The third-order valence-electron chi connectivity index (χ3n) is 2.91. The molecule has 0 saturated carbocycles. The number of anilines is 1. The van der Waals surface area contributed by atoms with Gasteiger partial charge in [-0.3, -0.25) is 4.57 Å². The van der Waals surface area contributed by atoms with Crippen molar-refractivity contribution in [3.05, 3.63) is 48.8 Å². The number of nitrogens with zero attached hydrogens (tertiary/aromatic N) is 2. The number of nitrogen functional groups attached to an aromatic ring is 1. The lowest BCUT2D eigenvalue weighted by molar-refractivity contribution is 0.252. The zero-order chi connectivity index (χ0) is 14.1. The zero-order valence-corrected chi connectivity index (χ0v) is 11.1. The van der Waals surface area contributed by atoms with Gasteiger partial charge in [-0.15, -0.1) is 0 Å². The Hall–Kier alpha value is -2.08.